The highest BCUT2D eigenvalue weighted by Crippen LogP contribution is 2.19. The zero-order valence-corrected chi connectivity index (χ0v) is 11.4. The molecule has 0 fully saturated rings. The molecule has 0 radical (unpaired) electrons. The summed E-state index contributed by atoms with van der Waals surface area (Å²) in [7, 11) is 0. The van der Waals surface area contributed by atoms with Gasteiger partial charge in [0.1, 0.15) is 5.82 Å². The molecular weight excluding hydrogens is 247 g/mol. The quantitative estimate of drug-likeness (QED) is 0.712. The van der Waals surface area contributed by atoms with Crippen molar-refractivity contribution in [3.8, 4) is 0 Å². The summed E-state index contributed by atoms with van der Waals surface area (Å²) in [6.45, 7) is 7.62. The summed E-state index contributed by atoms with van der Waals surface area (Å²) in [5, 5.41) is 11.9. The van der Waals surface area contributed by atoms with Gasteiger partial charge < -0.3 is 15.3 Å². The van der Waals surface area contributed by atoms with Crippen molar-refractivity contribution < 1.29 is 14.3 Å². The van der Waals surface area contributed by atoms with Crippen LogP contribution in [0.4, 0.5) is 10.1 Å². The maximum atomic E-state index is 13.6. The molecule has 0 bridgehead atoms. The minimum absolute atomic E-state index is 0.0251. The minimum atomic E-state index is -1.12. The Labute approximate surface area is 113 Å². The molecule has 0 aliphatic rings. The molecule has 0 spiro atoms. The van der Waals surface area contributed by atoms with E-state index < -0.39 is 11.8 Å². The lowest BCUT2D eigenvalue weighted by Gasteiger charge is -2.18. The first-order chi connectivity index (χ1) is 9.10. The molecule has 0 atom stereocenters. The largest absolute Gasteiger partial charge is 0.478 e. The van der Waals surface area contributed by atoms with Gasteiger partial charge in [0.25, 0.3) is 0 Å². The lowest BCUT2D eigenvalue weighted by atomic mass is 10.1. The van der Waals surface area contributed by atoms with Crippen molar-refractivity contribution in [3.63, 3.8) is 0 Å². The maximum absolute atomic E-state index is 13.6. The highest BCUT2D eigenvalue weighted by atomic mass is 19.1. The van der Waals surface area contributed by atoms with Gasteiger partial charge in [-0.05, 0) is 38.2 Å². The predicted octanol–water partition coefficient (Wildman–Crippen LogP) is 2.67. The van der Waals surface area contributed by atoms with Crippen LogP contribution < -0.4 is 5.32 Å². The van der Waals surface area contributed by atoms with Crippen LogP contribution in [0.3, 0.4) is 0 Å². The third kappa shape index (κ3) is 4.52. The van der Waals surface area contributed by atoms with Gasteiger partial charge >= 0.3 is 5.97 Å². The van der Waals surface area contributed by atoms with Gasteiger partial charge in [0.2, 0.25) is 0 Å². The first kappa shape index (κ1) is 15.4. The van der Waals surface area contributed by atoms with E-state index >= 15 is 0 Å². The second-order valence-electron chi connectivity index (χ2n) is 4.27. The molecule has 0 saturated carbocycles. The molecule has 5 heteroatoms. The molecule has 0 aliphatic heterocycles. The number of carboxylic acids is 1. The van der Waals surface area contributed by atoms with Crippen LogP contribution in [0.1, 0.15) is 30.6 Å². The van der Waals surface area contributed by atoms with Gasteiger partial charge in [0, 0.05) is 6.54 Å². The number of nitrogens with one attached hydrogen (secondary N) is 1. The van der Waals surface area contributed by atoms with Crippen molar-refractivity contribution in [1.29, 1.82) is 0 Å². The van der Waals surface area contributed by atoms with Gasteiger partial charge in [-0.3, -0.25) is 0 Å². The summed E-state index contributed by atoms with van der Waals surface area (Å²) in [4.78, 5) is 13.3. The average Bonchev–Trinajstić information content (AvgIpc) is 2.40. The topological polar surface area (TPSA) is 52.6 Å². The van der Waals surface area contributed by atoms with Crippen molar-refractivity contribution in [2.24, 2.45) is 0 Å². The fourth-order valence-corrected chi connectivity index (χ4v) is 1.94. The van der Waals surface area contributed by atoms with E-state index in [4.69, 9.17) is 5.11 Å². The molecule has 1 aromatic carbocycles. The smallest absolute Gasteiger partial charge is 0.337 e. The second kappa shape index (κ2) is 7.74. The van der Waals surface area contributed by atoms with Crippen LogP contribution in [0.2, 0.25) is 0 Å². The van der Waals surface area contributed by atoms with E-state index in [1.165, 1.54) is 18.2 Å². The van der Waals surface area contributed by atoms with E-state index in [0.717, 1.165) is 26.1 Å². The van der Waals surface area contributed by atoms with Crippen molar-refractivity contribution in [2.45, 2.75) is 20.3 Å². The summed E-state index contributed by atoms with van der Waals surface area (Å²) in [6, 6.07) is 4.07. The first-order valence-electron chi connectivity index (χ1n) is 6.58. The molecule has 0 amide bonds. The summed E-state index contributed by atoms with van der Waals surface area (Å²) in [5.74, 6) is -1.64. The average molecular weight is 268 g/mol. The Hall–Kier alpha value is -1.62. The SMILES string of the molecule is CCN(CC)CCCNc1c(F)cccc1C(=O)O. The predicted molar refractivity (Wildman–Crippen MR) is 74.3 cm³/mol. The molecule has 0 aliphatic carbocycles. The highest BCUT2D eigenvalue weighted by Gasteiger charge is 2.13. The molecule has 106 valence electrons. The molecule has 1 rings (SSSR count). The zero-order valence-electron chi connectivity index (χ0n) is 11.4. The summed E-state index contributed by atoms with van der Waals surface area (Å²) in [5.41, 5.74) is 0.0531. The summed E-state index contributed by atoms with van der Waals surface area (Å²) in [6.07, 6.45) is 0.842. The normalized spacial score (nSPS) is 10.7. The first-order valence-corrected chi connectivity index (χ1v) is 6.58. The molecule has 4 nitrogen and oxygen atoms in total. The standard InChI is InChI=1S/C14H21FN2O2/c1-3-17(4-2)10-6-9-16-13-11(14(18)19)7-5-8-12(13)15/h5,7-8,16H,3-4,6,9-10H2,1-2H3,(H,18,19). The molecular formula is C14H21FN2O2. The molecule has 2 N–H and O–H groups in total. The number of nitrogens with zero attached hydrogens (tertiary/aromatic N) is 1. The third-order valence-corrected chi connectivity index (χ3v) is 3.09. The van der Waals surface area contributed by atoms with Crippen molar-refractivity contribution >= 4 is 11.7 Å². The van der Waals surface area contributed by atoms with Gasteiger partial charge in [-0.2, -0.15) is 0 Å². The second-order valence-corrected chi connectivity index (χ2v) is 4.27. The lowest BCUT2D eigenvalue weighted by molar-refractivity contribution is 0.0697. The van der Waals surface area contributed by atoms with Gasteiger partial charge in [-0.1, -0.05) is 19.9 Å². The molecule has 0 saturated heterocycles. The number of carboxylic acid groups (broad SMARTS) is 1. The summed E-state index contributed by atoms with van der Waals surface area (Å²) < 4.78 is 13.6. The number of aromatic carboxylic acids is 1. The number of hydrogen-bond donors (Lipinski definition) is 2. The Bertz CT molecular complexity index is 420. The minimum Gasteiger partial charge on any atom is -0.478 e. The zero-order chi connectivity index (χ0) is 14.3. The number of para-hydroxylation sites is 1. The van der Waals surface area contributed by atoms with Crippen LogP contribution in [-0.2, 0) is 0 Å². The Balaban J connectivity index is 2.56. The fourth-order valence-electron chi connectivity index (χ4n) is 1.94. The van der Waals surface area contributed by atoms with Gasteiger partial charge in [-0.25, -0.2) is 9.18 Å². The Morgan fingerprint density at radius 1 is 1.37 bits per heavy atom. The lowest BCUT2D eigenvalue weighted by Crippen LogP contribution is -2.25. The van der Waals surface area contributed by atoms with Gasteiger partial charge in [-0.15, -0.1) is 0 Å². The van der Waals surface area contributed by atoms with Crippen molar-refractivity contribution in [3.05, 3.63) is 29.6 Å². The van der Waals surface area contributed by atoms with E-state index in [-0.39, 0.29) is 11.3 Å². The fraction of sp³-hybridized carbons (Fsp3) is 0.500. The molecule has 0 unspecified atom stereocenters. The van der Waals surface area contributed by atoms with Crippen LogP contribution in [0, 0.1) is 5.82 Å². The van der Waals surface area contributed by atoms with Crippen LogP contribution in [-0.4, -0.2) is 42.2 Å². The van der Waals surface area contributed by atoms with Crippen LogP contribution in [0.5, 0.6) is 0 Å². The monoisotopic (exact) mass is 268 g/mol. The van der Waals surface area contributed by atoms with E-state index in [0.29, 0.717) is 6.54 Å². The van der Waals surface area contributed by atoms with Crippen molar-refractivity contribution in [1.82, 2.24) is 4.90 Å². The number of rotatable bonds is 8. The molecule has 19 heavy (non-hydrogen) atoms. The third-order valence-electron chi connectivity index (χ3n) is 3.09. The van der Waals surface area contributed by atoms with E-state index in [1.54, 1.807) is 0 Å². The number of anilines is 1. The Morgan fingerprint density at radius 3 is 2.63 bits per heavy atom. The van der Waals surface area contributed by atoms with Gasteiger partial charge in [0.15, 0.2) is 0 Å². The van der Waals surface area contributed by atoms with E-state index in [2.05, 4.69) is 24.1 Å². The van der Waals surface area contributed by atoms with Crippen molar-refractivity contribution in [2.75, 3.05) is 31.5 Å². The number of carbonyl (C=O) groups is 1. The van der Waals surface area contributed by atoms with Crippen LogP contribution in [0.15, 0.2) is 18.2 Å². The maximum Gasteiger partial charge on any atom is 0.337 e. The number of halogens is 1. The molecule has 0 heterocycles. The molecule has 0 aromatic heterocycles. The highest BCUT2D eigenvalue weighted by molar-refractivity contribution is 5.94. The van der Waals surface area contributed by atoms with E-state index in [1.807, 2.05) is 0 Å². The Kier molecular flexibility index (Phi) is 6.29. The van der Waals surface area contributed by atoms with Crippen LogP contribution >= 0.6 is 0 Å². The Morgan fingerprint density at radius 2 is 2.05 bits per heavy atom. The van der Waals surface area contributed by atoms with Crippen LogP contribution in [0.25, 0.3) is 0 Å². The van der Waals surface area contributed by atoms with Gasteiger partial charge in [0.05, 0.1) is 11.3 Å². The number of benzene rings is 1. The summed E-state index contributed by atoms with van der Waals surface area (Å²) >= 11 is 0. The van der Waals surface area contributed by atoms with E-state index in [9.17, 15) is 9.18 Å². The number of hydrogen-bond acceptors (Lipinski definition) is 3. The molecule has 1 aromatic rings.